The average Bonchev–Trinajstić information content (AvgIpc) is 2.34. The third-order valence-corrected chi connectivity index (χ3v) is 5.32. The molecule has 3 nitrogen and oxygen atoms in total. The molecule has 0 aromatic carbocycles. The van der Waals surface area contributed by atoms with Crippen LogP contribution in [0.5, 0.6) is 0 Å². The fraction of sp³-hybridized carbons (Fsp3) is 0.933. The summed E-state index contributed by atoms with van der Waals surface area (Å²) in [6, 6.07) is -0.212. The van der Waals surface area contributed by atoms with Gasteiger partial charge in [0.1, 0.15) is 6.04 Å². The minimum absolute atomic E-state index is 0.212. The summed E-state index contributed by atoms with van der Waals surface area (Å²) < 4.78 is 0. The second-order valence-corrected chi connectivity index (χ2v) is 6.29. The summed E-state index contributed by atoms with van der Waals surface area (Å²) in [4.78, 5) is 13.8. The van der Waals surface area contributed by atoms with Gasteiger partial charge >= 0.3 is 5.97 Å². The van der Waals surface area contributed by atoms with E-state index in [0.717, 1.165) is 25.9 Å². The van der Waals surface area contributed by atoms with Gasteiger partial charge in [0.2, 0.25) is 0 Å². The zero-order valence-corrected chi connectivity index (χ0v) is 11.8. The van der Waals surface area contributed by atoms with Crippen molar-refractivity contribution < 1.29 is 9.90 Å². The molecule has 1 aliphatic heterocycles. The lowest BCUT2D eigenvalue weighted by Gasteiger charge is -2.53. The minimum Gasteiger partial charge on any atom is -0.480 e. The molecule has 0 aromatic rings. The minimum atomic E-state index is -0.595. The van der Waals surface area contributed by atoms with Crippen molar-refractivity contribution in [2.24, 2.45) is 11.3 Å². The first kappa shape index (κ1) is 13.9. The third-order valence-electron chi connectivity index (χ3n) is 5.32. The fourth-order valence-electron chi connectivity index (χ4n) is 3.82. The van der Waals surface area contributed by atoms with Crippen LogP contribution in [0.15, 0.2) is 0 Å². The summed E-state index contributed by atoms with van der Waals surface area (Å²) in [6.45, 7) is 6.45. The summed E-state index contributed by atoms with van der Waals surface area (Å²) >= 11 is 0. The van der Waals surface area contributed by atoms with E-state index in [2.05, 4.69) is 18.7 Å². The Balaban J connectivity index is 1.98. The molecule has 1 N–H and O–H groups in total. The number of hydrogen-bond acceptors (Lipinski definition) is 2. The Morgan fingerprint density at radius 2 is 1.78 bits per heavy atom. The largest absolute Gasteiger partial charge is 0.480 e. The van der Waals surface area contributed by atoms with Gasteiger partial charge in [-0.05, 0) is 37.0 Å². The number of carboxylic acid groups (broad SMARTS) is 1. The van der Waals surface area contributed by atoms with Gasteiger partial charge in [-0.1, -0.05) is 33.1 Å². The van der Waals surface area contributed by atoms with Crippen LogP contribution in [0.4, 0.5) is 0 Å². The van der Waals surface area contributed by atoms with Crippen LogP contribution in [0, 0.1) is 11.3 Å². The molecule has 1 aliphatic carbocycles. The van der Waals surface area contributed by atoms with Crippen molar-refractivity contribution in [1.82, 2.24) is 4.90 Å². The highest BCUT2D eigenvalue weighted by Crippen LogP contribution is 2.41. The van der Waals surface area contributed by atoms with Gasteiger partial charge in [-0.3, -0.25) is 9.69 Å². The lowest BCUT2D eigenvalue weighted by Crippen LogP contribution is -2.63. The third kappa shape index (κ3) is 2.56. The number of nitrogens with zero attached hydrogens (tertiary/aromatic N) is 1. The average molecular weight is 253 g/mol. The Kier molecular flexibility index (Phi) is 4.31. The molecule has 18 heavy (non-hydrogen) atoms. The van der Waals surface area contributed by atoms with Crippen molar-refractivity contribution >= 4 is 5.97 Å². The number of aliphatic carboxylic acids is 1. The molecule has 1 saturated heterocycles. The van der Waals surface area contributed by atoms with Crippen LogP contribution in [0.1, 0.15) is 58.8 Å². The molecule has 2 rings (SSSR count). The molecule has 3 heteroatoms. The smallest absolute Gasteiger partial charge is 0.321 e. The Labute approximate surface area is 111 Å². The lowest BCUT2D eigenvalue weighted by atomic mass is 9.72. The molecule has 1 heterocycles. The Morgan fingerprint density at radius 3 is 2.22 bits per heavy atom. The summed E-state index contributed by atoms with van der Waals surface area (Å²) in [7, 11) is 0. The maximum absolute atomic E-state index is 11.6. The van der Waals surface area contributed by atoms with Crippen LogP contribution in [-0.4, -0.2) is 35.1 Å². The molecule has 1 saturated carbocycles. The highest BCUT2D eigenvalue weighted by Gasteiger charge is 2.47. The molecule has 0 spiro atoms. The van der Waals surface area contributed by atoms with Crippen LogP contribution in [0.2, 0.25) is 0 Å². The summed E-state index contributed by atoms with van der Waals surface area (Å²) in [5.74, 6) is -0.203. The van der Waals surface area contributed by atoms with Gasteiger partial charge < -0.3 is 5.11 Å². The molecule has 104 valence electrons. The van der Waals surface area contributed by atoms with Crippen LogP contribution < -0.4 is 0 Å². The Morgan fingerprint density at radius 1 is 1.22 bits per heavy atom. The molecular formula is C15H27NO2. The van der Waals surface area contributed by atoms with Gasteiger partial charge in [0.05, 0.1) is 0 Å². The predicted octanol–water partition coefficient (Wildman–Crippen LogP) is 3.14. The first-order valence-electron chi connectivity index (χ1n) is 7.59. The summed E-state index contributed by atoms with van der Waals surface area (Å²) in [5, 5.41) is 9.53. The van der Waals surface area contributed by atoms with Gasteiger partial charge in [-0.2, -0.15) is 0 Å². The standard InChI is InChI=1S/C15H27NO2/c1-3-15(4-2)10-16(11-15)13(14(17)18)12-8-6-5-7-9-12/h12-13H,3-11H2,1-2H3,(H,17,18). The molecule has 1 unspecified atom stereocenters. The first-order valence-corrected chi connectivity index (χ1v) is 7.59. The highest BCUT2D eigenvalue weighted by molar-refractivity contribution is 5.74. The normalized spacial score (nSPS) is 26.6. The van der Waals surface area contributed by atoms with Crippen molar-refractivity contribution in [2.45, 2.75) is 64.8 Å². The van der Waals surface area contributed by atoms with Crippen LogP contribution in [-0.2, 0) is 4.79 Å². The molecule has 0 bridgehead atoms. The zero-order valence-electron chi connectivity index (χ0n) is 11.8. The van der Waals surface area contributed by atoms with Crippen LogP contribution >= 0.6 is 0 Å². The SMILES string of the molecule is CCC1(CC)CN(C(C(=O)O)C2CCCCC2)C1. The quantitative estimate of drug-likeness (QED) is 0.818. The van der Waals surface area contributed by atoms with Crippen molar-refractivity contribution in [3.63, 3.8) is 0 Å². The monoisotopic (exact) mass is 253 g/mol. The van der Waals surface area contributed by atoms with E-state index in [9.17, 15) is 9.90 Å². The van der Waals surface area contributed by atoms with Crippen LogP contribution in [0.25, 0.3) is 0 Å². The molecule has 0 amide bonds. The van der Waals surface area contributed by atoms with Crippen molar-refractivity contribution in [2.75, 3.05) is 13.1 Å². The van der Waals surface area contributed by atoms with Gasteiger partial charge in [0, 0.05) is 13.1 Å². The molecular weight excluding hydrogens is 226 g/mol. The van der Waals surface area contributed by atoms with E-state index in [1.54, 1.807) is 0 Å². The van der Waals surface area contributed by atoms with Crippen molar-refractivity contribution in [1.29, 1.82) is 0 Å². The zero-order chi connectivity index (χ0) is 13.2. The van der Waals surface area contributed by atoms with Crippen LogP contribution in [0.3, 0.4) is 0 Å². The Bertz CT molecular complexity index is 285. The molecule has 2 fully saturated rings. The van der Waals surface area contributed by atoms with Gasteiger partial charge in [-0.15, -0.1) is 0 Å². The van der Waals surface area contributed by atoms with E-state index in [-0.39, 0.29) is 6.04 Å². The number of hydrogen-bond donors (Lipinski definition) is 1. The van der Waals surface area contributed by atoms with Crippen molar-refractivity contribution in [3.8, 4) is 0 Å². The van der Waals surface area contributed by atoms with E-state index in [1.807, 2.05) is 0 Å². The van der Waals surface area contributed by atoms with Gasteiger partial charge in [0.25, 0.3) is 0 Å². The number of carbonyl (C=O) groups is 1. The van der Waals surface area contributed by atoms with E-state index >= 15 is 0 Å². The van der Waals surface area contributed by atoms with Gasteiger partial charge in [0.15, 0.2) is 0 Å². The molecule has 0 radical (unpaired) electrons. The predicted molar refractivity (Wildman–Crippen MR) is 72.6 cm³/mol. The molecule has 2 aliphatic rings. The first-order chi connectivity index (χ1) is 8.62. The lowest BCUT2D eigenvalue weighted by molar-refractivity contribution is -0.154. The molecule has 0 aromatic heterocycles. The second-order valence-electron chi connectivity index (χ2n) is 6.29. The Hall–Kier alpha value is -0.570. The summed E-state index contributed by atoms with van der Waals surface area (Å²) in [5.41, 5.74) is 0.405. The molecule has 1 atom stereocenters. The van der Waals surface area contributed by atoms with E-state index in [4.69, 9.17) is 0 Å². The van der Waals surface area contributed by atoms with Crippen molar-refractivity contribution in [3.05, 3.63) is 0 Å². The topological polar surface area (TPSA) is 40.5 Å². The second kappa shape index (κ2) is 5.60. The maximum Gasteiger partial charge on any atom is 0.321 e. The fourth-order valence-corrected chi connectivity index (χ4v) is 3.82. The van der Waals surface area contributed by atoms with E-state index in [1.165, 1.54) is 32.1 Å². The maximum atomic E-state index is 11.6. The number of rotatable bonds is 5. The summed E-state index contributed by atoms with van der Waals surface area (Å²) in [6.07, 6.45) is 8.30. The van der Waals surface area contributed by atoms with Gasteiger partial charge in [-0.25, -0.2) is 0 Å². The number of likely N-dealkylation sites (tertiary alicyclic amines) is 1. The van der Waals surface area contributed by atoms with E-state index < -0.39 is 5.97 Å². The number of carboxylic acids is 1. The highest BCUT2D eigenvalue weighted by atomic mass is 16.4. The van der Waals surface area contributed by atoms with E-state index in [0.29, 0.717) is 11.3 Å².